The molecule has 0 saturated carbocycles. The van der Waals surface area contributed by atoms with Crippen molar-refractivity contribution < 1.29 is 45.0 Å². The normalized spacial score (nSPS) is 12.2. The van der Waals surface area contributed by atoms with Gasteiger partial charge in [-0.25, -0.2) is 4.98 Å². The van der Waals surface area contributed by atoms with Crippen molar-refractivity contribution in [2.75, 3.05) is 6.61 Å². The molecule has 1 aromatic heterocycles. The lowest BCUT2D eigenvalue weighted by molar-refractivity contribution is -0.275. The van der Waals surface area contributed by atoms with Crippen LogP contribution in [0, 0.1) is 5.95 Å². The fraction of sp³-hybridized carbons (Fsp3) is 0.455. The van der Waals surface area contributed by atoms with E-state index in [-0.39, 0.29) is 12.8 Å². The lowest BCUT2D eigenvalue weighted by atomic mass is 10.1. The minimum atomic E-state index is -5.37. The van der Waals surface area contributed by atoms with E-state index in [1.807, 2.05) is 0 Å². The molecule has 0 saturated heterocycles. The quantitative estimate of drug-likeness (QED) is 0.481. The van der Waals surface area contributed by atoms with Crippen LogP contribution in [0.3, 0.4) is 0 Å². The van der Waals surface area contributed by atoms with Crippen molar-refractivity contribution in [3.05, 3.63) is 23.3 Å². The molecule has 1 heterocycles. The summed E-state index contributed by atoms with van der Waals surface area (Å²) in [6, 6.07) is 0. The Morgan fingerprint density at radius 1 is 1.23 bits per heavy atom. The van der Waals surface area contributed by atoms with Gasteiger partial charge in [-0.2, -0.15) is 17.6 Å². The molecule has 124 valence electrons. The van der Waals surface area contributed by atoms with E-state index >= 15 is 0 Å². The van der Waals surface area contributed by atoms with Crippen molar-refractivity contribution in [1.82, 2.24) is 4.98 Å². The molecule has 0 atom stereocenters. The molecule has 0 amide bonds. The number of rotatable bonds is 4. The largest absolute Gasteiger partial charge is 0.573 e. The maximum absolute atomic E-state index is 13.3. The van der Waals surface area contributed by atoms with Crippen molar-refractivity contribution >= 4 is 5.97 Å². The maximum Gasteiger partial charge on any atom is 0.573 e. The van der Waals surface area contributed by atoms with Gasteiger partial charge in [-0.1, -0.05) is 0 Å². The zero-order valence-corrected chi connectivity index (χ0v) is 10.8. The van der Waals surface area contributed by atoms with Gasteiger partial charge in [0.2, 0.25) is 5.95 Å². The van der Waals surface area contributed by atoms with E-state index in [1.54, 1.807) is 0 Å². The van der Waals surface area contributed by atoms with Crippen LogP contribution in [0.5, 0.6) is 5.75 Å². The van der Waals surface area contributed by atoms with E-state index in [4.69, 9.17) is 0 Å². The van der Waals surface area contributed by atoms with E-state index < -0.39 is 47.8 Å². The first-order chi connectivity index (χ1) is 9.95. The second-order valence-electron chi connectivity index (χ2n) is 3.79. The first-order valence-corrected chi connectivity index (χ1v) is 5.61. The second kappa shape index (κ2) is 6.36. The summed E-state index contributed by atoms with van der Waals surface area (Å²) in [7, 11) is 0. The first-order valence-electron chi connectivity index (χ1n) is 5.61. The van der Waals surface area contributed by atoms with Gasteiger partial charge < -0.3 is 9.47 Å². The van der Waals surface area contributed by atoms with Gasteiger partial charge >= 0.3 is 18.5 Å². The molecule has 4 nitrogen and oxygen atoms in total. The predicted molar refractivity (Wildman–Crippen MR) is 56.2 cm³/mol. The van der Waals surface area contributed by atoms with E-state index in [0.717, 1.165) is 0 Å². The Labute approximate surface area is 118 Å². The SMILES string of the molecule is CCOC(=O)Cc1c(OC(F)(F)F)cnc(F)c1C(F)(F)F. The molecule has 0 fully saturated rings. The zero-order valence-electron chi connectivity index (χ0n) is 10.8. The second-order valence-corrected chi connectivity index (χ2v) is 3.79. The van der Waals surface area contributed by atoms with E-state index in [0.29, 0.717) is 0 Å². The summed E-state index contributed by atoms with van der Waals surface area (Å²) >= 11 is 0. The van der Waals surface area contributed by atoms with Gasteiger partial charge in [-0.15, -0.1) is 13.2 Å². The molecular formula is C11H8F7NO3. The Hall–Kier alpha value is -2.07. The van der Waals surface area contributed by atoms with Crippen LogP contribution in [0.1, 0.15) is 18.1 Å². The average molecular weight is 335 g/mol. The fourth-order valence-electron chi connectivity index (χ4n) is 1.54. The topological polar surface area (TPSA) is 48.4 Å². The van der Waals surface area contributed by atoms with E-state index in [1.165, 1.54) is 6.92 Å². The molecule has 0 radical (unpaired) electrons. The Balaban J connectivity index is 3.42. The third-order valence-corrected chi connectivity index (χ3v) is 2.24. The van der Waals surface area contributed by atoms with Gasteiger partial charge in [0, 0.05) is 5.56 Å². The van der Waals surface area contributed by atoms with Gasteiger partial charge in [0.15, 0.2) is 5.75 Å². The summed E-state index contributed by atoms with van der Waals surface area (Å²) in [5, 5.41) is 0. The maximum atomic E-state index is 13.3. The van der Waals surface area contributed by atoms with Gasteiger partial charge in [0.25, 0.3) is 0 Å². The number of carbonyl (C=O) groups is 1. The van der Waals surface area contributed by atoms with Crippen LogP contribution in [0.15, 0.2) is 6.20 Å². The molecule has 0 aliphatic heterocycles. The van der Waals surface area contributed by atoms with Crippen LogP contribution in [0.4, 0.5) is 30.7 Å². The number of ether oxygens (including phenoxy) is 2. The van der Waals surface area contributed by atoms with Crippen LogP contribution in [-0.2, 0) is 22.1 Å². The minimum absolute atomic E-state index is 0.118. The number of hydrogen-bond acceptors (Lipinski definition) is 4. The smallest absolute Gasteiger partial charge is 0.466 e. The number of aromatic nitrogens is 1. The zero-order chi connectivity index (χ0) is 17.1. The average Bonchev–Trinajstić information content (AvgIpc) is 2.29. The van der Waals surface area contributed by atoms with Crippen LogP contribution >= 0.6 is 0 Å². The van der Waals surface area contributed by atoms with Crippen molar-refractivity contribution in [2.45, 2.75) is 25.9 Å². The molecule has 11 heteroatoms. The summed E-state index contributed by atoms with van der Waals surface area (Å²) in [6.07, 6.45) is -11.9. The lowest BCUT2D eigenvalue weighted by Gasteiger charge is -2.17. The molecule has 22 heavy (non-hydrogen) atoms. The summed E-state index contributed by atoms with van der Waals surface area (Å²) in [6.45, 7) is 1.12. The standard InChI is InChI=1S/C11H8F7NO3/c1-2-21-7(20)3-5-6(22-11(16,17)18)4-19-9(12)8(5)10(13,14)15/h4H,2-3H2,1H3. The number of nitrogens with zero attached hydrogens (tertiary/aromatic N) is 1. The first kappa shape index (κ1) is 18.0. The van der Waals surface area contributed by atoms with Crippen LogP contribution < -0.4 is 4.74 Å². The highest BCUT2D eigenvalue weighted by Gasteiger charge is 2.42. The summed E-state index contributed by atoms with van der Waals surface area (Å²) < 4.78 is 95.9. The molecule has 0 unspecified atom stereocenters. The lowest BCUT2D eigenvalue weighted by Crippen LogP contribution is -2.23. The van der Waals surface area contributed by atoms with Crippen molar-refractivity contribution in [1.29, 1.82) is 0 Å². The Bertz CT molecular complexity index is 554. The van der Waals surface area contributed by atoms with Crippen molar-refractivity contribution in [3.8, 4) is 5.75 Å². The van der Waals surface area contributed by atoms with Gasteiger partial charge in [-0.3, -0.25) is 4.79 Å². The van der Waals surface area contributed by atoms with E-state index in [2.05, 4.69) is 14.5 Å². The Morgan fingerprint density at radius 2 is 1.82 bits per heavy atom. The molecule has 0 bridgehead atoms. The molecule has 0 aliphatic carbocycles. The highest BCUT2D eigenvalue weighted by Crippen LogP contribution is 2.38. The molecular weight excluding hydrogens is 327 g/mol. The molecule has 1 rings (SSSR count). The highest BCUT2D eigenvalue weighted by molar-refractivity contribution is 5.74. The van der Waals surface area contributed by atoms with Crippen molar-refractivity contribution in [2.24, 2.45) is 0 Å². The van der Waals surface area contributed by atoms with E-state index in [9.17, 15) is 35.5 Å². The van der Waals surface area contributed by atoms with Gasteiger partial charge in [-0.05, 0) is 6.92 Å². The van der Waals surface area contributed by atoms with Crippen molar-refractivity contribution in [3.63, 3.8) is 0 Å². The summed E-state index contributed by atoms with van der Waals surface area (Å²) in [5.74, 6) is -4.76. The monoisotopic (exact) mass is 335 g/mol. The van der Waals surface area contributed by atoms with Gasteiger partial charge in [0.1, 0.15) is 5.56 Å². The molecule has 0 aliphatic rings. The molecule has 0 spiro atoms. The molecule has 0 N–H and O–H groups in total. The molecule has 1 aromatic rings. The minimum Gasteiger partial charge on any atom is -0.466 e. The third kappa shape index (κ3) is 4.74. The highest BCUT2D eigenvalue weighted by atomic mass is 19.4. The Morgan fingerprint density at radius 3 is 2.27 bits per heavy atom. The summed E-state index contributed by atoms with van der Waals surface area (Å²) in [5.41, 5.74) is -3.45. The predicted octanol–water partition coefficient (Wildman–Crippen LogP) is 3.24. The fourth-order valence-corrected chi connectivity index (χ4v) is 1.54. The van der Waals surface area contributed by atoms with Crippen LogP contribution in [-0.4, -0.2) is 23.9 Å². The number of carbonyl (C=O) groups excluding carboxylic acids is 1. The van der Waals surface area contributed by atoms with Gasteiger partial charge in [0.05, 0.1) is 19.2 Å². The summed E-state index contributed by atoms with van der Waals surface area (Å²) in [4.78, 5) is 13.8. The van der Waals surface area contributed by atoms with Crippen LogP contribution in [0.25, 0.3) is 0 Å². The van der Waals surface area contributed by atoms with Crippen LogP contribution in [0.2, 0.25) is 0 Å². The number of alkyl halides is 6. The number of esters is 1. The number of pyridine rings is 1. The molecule has 0 aromatic carbocycles. The Kier molecular flexibility index (Phi) is 5.20. The number of halogens is 7. The third-order valence-electron chi connectivity index (χ3n) is 2.24. The number of hydrogen-bond donors (Lipinski definition) is 0.